The zero-order chi connectivity index (χ0) is 24.0. The van der Waals surface area contributed by atoms with Crippen LogP contribution in [0.2, 0.25) is 0 Å². The number of aromatic amines is 1. The van der Waals surface area contributed by atoms with E-state index in [1.807, 2.05) is 48.5 Å². The SMILES string of the molecule is O=C(NC(=S)NC1(c2ccc[nH]2)CN(C(=O)OCc2ccccc2)CC1CO)c1ccccc1. The van der Waals surface area contributed by atoms with Crippen molar-refractivity contribution in [3.63, 3.8) is 0 Å². The average molecular weight is 479 g/mol. The first-order valence-corrected chi connectivity index (χ1v) is 11.3. The summed E-state index contributed by atoms with van der Waals surface area (Å²) >= 11 is 5.46. The molecule has 1 saturated heterocycles. The number of hydrogen-bond donors (Lipinski definition) is 4. The van der Waals surface area contributed by atoms with Crippen molar-refractivity contribution in [2.75, 3.05) is 19.7 Å². The molecule has 4 rings (SSSR count). The molecule has 2 aromatic carbocycles. The predicted molar refractivity (Wildman–Crippen MR) is 131 cm³/mol. The van der Waals surface area contributed by atoms with Crippen LogP contribution in [-0.2, 0) is 16.9 Å². The fourth-order valence-electron chi connectivity index (χ4n) is 4.20. The van der Waals surface area contributed by atoms with Crippen molar-refractivity contribution in [1.29, 1.82) is 0 Å². The van der Waals surface area contributed by atoms with Gasteiger partial charge in [0.15, 0.2) is 5.11 Å². The standard InChI is InChI=1S/C25H26N4O4S/c30-15-20-14-29(24(32)33-16-18-8-3-1-4-9-18)17-25(20,21-12-7-13-26-21)28-23(34)27-22(31)19-10-5-2-6-11-19/h1-13,20,26,30H,14-17H2,(H2,27,28,31,34). The summed E-state index contributed by atoms with van der Waals surface area (Å²) in [7, 11) is 0. The van der Waals surface area contributed by atoms with E-state index in [1.54, 1.807) is 35.4 Å². The van der Waals surface area contributed by atoms with Gasteiger partial charge in [-0.2, -0.15) is 0 Å². The Bertz CT molecular complexity index is 1120. The fourth-order valence-corrected chi connectivity index (χ4v) is 4.48. The molecule has 9 heteroatoms. The number of aliphatic hydroxyl groups is 1. The Kier molecular flexibility index (Phi) is 7.24. The molecule has 176 valence electrons. The first-order valence-electron chi connectivity index (χ1n) is 10.9. The van der Waals surface area contributed by atoms with Crippen LogP contribution >= 0.6 is 12.2 Å². The molecule has 1 fully saturated rings. The van der Waals surface area contributed by atoms with Crippen molar-refractivity contribution in [3.8, 4) is 0 Å². The molecule has 2 amide bonds. The smallest absolute Gasteiger partial charge is 0.410 e. The van der Waals surface area contributed by atoms with Crippen LogP contribution < -0.4 is 10.6 Å². The number of amides is 2. The van der Waals surface area contributed by atoms with Crippen molar-refractivity contribution in [2.24, 2.45) is 5.92 Å². The monoisotopic (exact) mass is 478 g/mol. The summed E-state index contributed by atoms with van der Waals surface area (Å²) in [5.41, 5.74) is 1.15. The molecule has 0 aliphatic carbocycles. The Morgan fingerprint density at radius 2 is 1.79 bits per heavy atom. The normalized spacial score (nSPS) is 19.4. The first-order chi connectivity index (χ1) is 16.5. The minimum absolute atomic E-state index is 0.0985. The molecule has 8 nitrogen and oxygen atoms in total. The van der Waals surface area contributed by atoms with Crippen LogP contribution in [0.4, 0.5) is 4.79 Å². The predicted octanol–water partition coefficient (Wildman–Crippen LogP) is 2.78. The molecular weight excluding hydrogens is 452 g/mol. The fraction of sp³-hybridized carbons (Fsp3) is 0.240. The molecule has 2 unspecified atom stereocenters. The van der Waals surface area contributed by atoms with Crippen molar-refractivity contribution in [1.82, 2.24) is 20.5 Å². The minimum Gasteiger partial charge on any atom is -0.445 e. The number of ether oxygens (including phenoxy) is 1. The minimum atomic E-state index is -0.939. The van der Waals surface area contributed by atoms with Gasteiger partial charge in [0.25, 0.3) is 5.91 Å². The molecule has 4 N–H and O–H groups in total. The molecule has 3 aromatic rings. The Labute approximate surface area is 202 Å². The molecule has 0 saturated carbocycles. The van der Waals surface area contributed by atoms with E-state index in [-0.39, 0.29) is 37.3 Å². The number of thiocarbonyl (C=S) groups is 1. The Morgan fingerprint density at radius 3 is 2.44 bits per heavy atom. The Balaban J connectivity index is 1.50. The van der Waals surface area contributed by atoms with E-state index in [9.17, 15) is 14.7 Å². The second kappa shape index (κ2) is 10.5. The summed E-state index contributed by atoms with van der Waals surface area (Å²) in [6.07, 6.45) is 1.27. The lowest BCUT2D eigenvalue weighted by atomic mass is 9.84. The van der Waals surface area contributed by atoms with Gasteiger partial charge in [0.2, 0.25) is 0 Å². The van der Waals surface area contributed by atoms with Gasteiger partial charge in [-0.25, -0.2) is 4.79 Å². The van der Waals surface area contributed by atoms with Gasteiger partial charge in [0.05, 0.1) is 13.2 Å². The lowest BCUT2D eigenvalue weighted by Gasteiger charge is -2.35. The van der Waals surface area contributed by atoms with Gasteiger partial charge >= 0.3 is 6.09 Å². The number of likely N-dealkylation sites (tertiary alicyclic amines) is 1. The second-order valence-electron chi connectivity index (χ2n) is 8.13. The first kappa shape index (κ1) is 23.5. The van der Waals surface area contributed by atoms with Crippen molar-refractivity contribution >= 4 is 29.3 Å². The van der Waals surface area contributed by atoms with E-state index in [1.165, 1.54) is 0 Å². The van der Waals surface area contributed by atoms with E-state index < -0.39 is 17.6 Å². The Hall–Kier alpha value is -3.69. The van der Waals surface area contributed by atoms with E-state index in [2.05, 4.69) is 15.6 Å². The molecule has 2 heterocycles. The summed E-state index contributed by atoms with van der Waals surface area (Å²) in [5, 5.41) is 16.2. The maximum absolute atomic E-state index is 12.9. The summed E-state index contributed by atoms with van der Waals surface area (Å²) in [6.45, 7) is 0.386. The maximum Gasteiger partial charge on any atom is 0.410 e. The number of carbonyl (C=O) groups is 2. The maximum atomic E-state index is 12.9. The highest BCUT2D eigenvalue weighted by Crippen LogP contribution is 2.36. The zero-order valence-corrected chi connectivity index (χ0v) is 19.3. The van der Waals surface area contributed by atoms with Crippen LogP contribution in [0.15, 0.2) is 79.0 Å². The highest BCUT2D eigenvalue weighted by molar-refractivity contribution is 7.80. The summed E-state index contributed by atoms with van der Waals surface area (Å²) in [4.78, 5) is 30.2. The third-order valence-electron chi connectivity index (χ3n) is 5.94. The number of rotatable bonds is 6. The number of nitrogens with one attached hydrogen (secondary N) is 3. The van der Waals surface area contributed by atoms with Gasteiger partial charge in [-0.05, 0) is 42.0 Å². The molecule has 2 atom stereocenters. The highest BCUT2D eigenvalue weighted by atomic mass is 32.1. The van der Waals surface area contributed by atoms with E-state index in [0.717, 1.165) is 11.3 Å². The third kappa shape index (κ3) is 5.11. The molecule has 0 radical (unpaired) electrons. The lowest BCUT2D eigenvalue weighted by Crippen LogP contribution is -2.56. The topological polar surface area (TPSA) is 107 Å². The summed E-state index contributed by atoms with van der Waals surface area (Å²) in [6, 6.07) is 21.8. The summed E-state index contributed by atoms with van der Waals surface area (Å²) in [5.74, 6) is -0.751. The summed E-state index contributed by atoms with van der Waals surface area (Å²) < 4.78 is 5.51. The quantitative estimate of drug-likeness (QED) is 0.406. The van der Waals surface area contributed by atoms with Crippen LogP contribution in [0.25, 0.3) is 0 Å². The number of aromatic nitrogens is 1. The molecular formula is C25H26N4O4S. The van der Waals surface area contributed by atoms with Crippen molar-refractivity contribution in [3.05, 3.63) is 95.8 Å². The molecule has 1 aliphatic rings. The average Bonchev–Trinajstić information content (AvgIpc) is 3.53. The van der Waals surface area contributed by atoms with Crippen LogP contribution in [0.5, 0.6) is 0 Å². The molecule has 1 aliphatic heterocycles. The Morgan fingerprint density at radius 1 is 1.09 bits per heavy atom. The highest BCUT2D eigenvalue weighted by Gasteiger charge is 2.51. The third-order valence-corrected chi connectivity index (χ3v) is 6.14. The van der Waals surface area contributed by atoms with Gasteiger partial charge in [0.1, 0.15) is 12.1 Å². The zero-order valence-electron chi connectivity index (χ0n) is 18.4. The number of benzene rings is 2. The number of aliphatic hydroxyl groups excluding tert-OH is 1. The molecule has 1 aromatic heterocycles. The molecule has 34 heavy (non-hydrogen) atoms. The number of nitrogens with zero attached hydrogens (tertiary/aromatic N) is 1. The van der Waals surface area contributed by atoms with Crippen molar-refractivity contribution < 1.29 is 19.4 Å². The van der Waals surface area contributed by atoms with Crippen molar-refractivity contribution in [2.45, 2.75) is 12.1 Å². The number of carbonyl (C=O) groups excluding carboxylic acids is 2. The number of H-pyrrole nitrogens is 1. The van der Waals surface area contributed by atoms with Gasteiger partial charge in [0, 0.05) is 29.9 Å². The lowest BCUT2D eigenvalue weighted by molar-refractivity contribution is 0.0970. The number of hydrogen-bond acceptors (Lipinski definition) is 5. The van der Waals surface area contributed by atoms with Gasteiger partial charge in [-0.15, -0.1) is 0 Å². The van der Waals surface area contributed by atoms with Gasteiger partial charge < -0.3 is 25.0 Å². The largest absolute Gasteiger partial charge is 0.445 e. The van der Waals surface area contributed by atoms with E-state index >= 15 is 0 Å². The van der Waals surface area contributed by atoms with Crippen LogP contribution in [0.1, 0.15) is 21.6 Å². The van der Waals surface area contributed by atoms with Gasteiger partial charge in [-0.3, -0.25) is 10.1 Å². The van der Waals surface area contributed by atoms with Crippen LogP contribution in [-0.4, -0.2) is 51.8 Å². The van der Waals surface area contributed by atoms with E-state index in [0.29, 0.717) is 5.56 Å². The molecule has 0 bridgehead atoms. The second-order valence-corrected chi connectivity index (χ2v) is 8.54. The van der Waals surface area contributed by atoms with E-state index in [4.69, 9.17) is 17.0 Å². The van der Waals surface area contributed by atoms with Crippen LogP contribution in [0.3, 0.4) is 0 Å². The van der Waals surface area contributed by atoms with Crippen LogP contribution in [0, 0.1) is 5.92 Å². The molecule has 0 spiro atoms. The van der Waals surface area contributed by atoms with Gasteiger partial charge in [-0.1, -0.05) is 48.5 Å².